The first-order valence-corrected chi connectivity index (χ1v) is 6.58. The molecule has 1 N–H and O–H groups in total. The van der Waals surface area contributed by atoms with Gasteiger partial charge in [0, 0.05) is 0 Å². The fourth-order valence-corrected chi connectivity index (χ4v) is 1.63. The van der Waals surface area contributed by atoms with Gasteiger partial charge >= 0.3 is 12.2 Å². The molecule has 20 heavy (non-hydrogen) atoms. The van der Waals surface area contributed by atoms with E-state index in [4.69, 9.17) is 9.47 Å². The molecule has 0 atom stereocenters. The normalized spacial score (nSPS) is 17.4. The molecule has 1 saturated heterocycles. The molecule has 1 aliphatic heterocycles. The Kier molecular flexibility index (Phi) is 4.53. The number of carbonyl (C=O) groups excluding carboxylic acids is 2. The largest absolute Gasteiger partial charge is 0.442 e. The van der Waals surface area contributed by atoms with Crippen LogP contribution in [0.25, 0.3) is 0 Å². The predicted octanol–water partition coefficient (Wildman–Crippen LogP) is 1.75. The summed E-state index contributed by atoms with van der Waals surface area (Å²) in [5, 5.41) is 11.8. The van der Waals surface area contributed by atoms with Gasteiger partial charge in [-0.15, -0.1) is 0 Å². The summed E-state index contributed by atoms with van der Waals surface area (Å²) in [6.07, 6.45) is -2.17. The van der Waals surface area contributed by atoms with Crippen molar-refractivity contribution in [2.75, 3.05) is 13.1 Å². The van der Waals surface area contributed by atoms with Gasteiger partial charge in [-0.25, -0.2) is 19.6 Å². The van der Waals surface area contributed by atoms with Crippen LogP contribution >= 0.6 is 0 Å². The number of hydrogen-bond acceptors (Lipinski definition) is 5. The Morgan fingerprint density at radius 1 is 0.900 bits per heavy atom. The minimum absolute atomic E-state index is 0.00809. The van der Waals surface area contributed by atoms with E-state index < -0.39 is 29.5 Å². The van der Waals surface area contributed by atoms with Crippen LogP contribution in [0.1, 0.15) is 41.5 Å². The number of carbonyl (C=O) groups is 2. The average molecular weight is 288 g/mol. The summed E-state index contributed by atoms with van der Waals surface area (Å²) < 4.78 is 10.4. The SMILES string of the molecule is CC(C)(C)OC(=O)N1CC(O)CN1C(=O)OC(C)(C)C. The van der Waals surface area contributed by atoms with Crippen molar-refractivity contribution < 1.29 is 24.2 Å². The first-order chi connectivity index (χ1) is 8.89. The number of aliphatic hydroxyl groups excluding tert-OH is 1. The maximum Gasteiger partial charge on any atom is 0.429 e. The molecule has 7 heteroatoms. The van der Waals surface area contributed by atoms with Gasteiger partial charge in [0.25, 0.3) is 0 Å². The second-order valence-electron chi connectivity index (χ2n) is 6.78. The summed E-state index contributed by atoms with van der Waals surface area (Å²) in [4.78, 5) is 24.1. The average Bonchev–Trinajstić information content (AvgIpc) is 2.55. The van der Waals surface area contributed by atoms with Gasteiger partial charge in [-0.05, 0) is 41.5 Å². The quantitative estimate of drug-likeness (QED) is 0.734. The second kappa shape index (κ2) is 5.47. The number of hydrazine groups is 1. The van der Waals surface area contributed by atoms with Gasteiger partial charge in [-0.2, -0.15) is 0 Å². The predicted molar refractivity (Wildman–Crippen MR) is 71.9 cm³/mol. The highest BCUT2D eigenvalue weighted by Gasteiger charge is 2.40. The van der Waals surface area contributed by atoms with Crippen LogP contribution in [0.2, 0.25) is 0 Å². The van der Waals surface area contributed by atoms with Crippen LogP contribution < -0.4 is 0 Å². The standard InChI is InChI=1S/C13H24N2O5/c1-12(2,3)19-10(17)14-7-9(16)8-15(14)11(18)20-13(4,5)6/h9,16H,7-8H2,1-6H3. The molecule has 0 unspecified atom stereocenters. The van der Waals surface area contributed by atoms with E-state index in [-0.39, 0.29) is 13.1 Å². The lowest BCUT2D eigenvalue weighted by molar-refractivity contribution is -0.0428. The molecule has 2 amide bonds. The summed E-state index contributed by atoms with van der Waals surface area (Å²) >= 11 is 0. The minimum Gasteiger partial charge on any atom is -0.442 e. The van der Waals surface area contributed by atoms with E-state index in [9.17, 15) is 14.7 Å². The molecular formula is C13H24N2O5. The molecule has 0 radical (unpaired) electrons. The molecule has 7 nitrogen and oxygen atoms in total. The summed E-state index contributed by atoms with van der Waals surface area (Å²) in [7, 11) is 0. The molecule has 0 aromatic rings. The molecule has 116 valence electrons. The van der Waals surface area contributed by atoms with E-state index in [1.54, 1.807) is 41.5 Å². The van der Waals surface area contributed by atoms with Gasteiger partial charge in [0.1, 0.15) is 11.2 Å². The molecule has 0 bridgehead atoms. The second-order valence-corrected chi connectivity index (χ2v) is 6.78. The Morgan fingerprint density at radius 2 is 1.20 bits per heavy atom. The van der Waals surface area contributed by atoms with E-state index >= 15 is 0 Å². The molecule has 0 saturated carbocycles. The van der Waals surface area contributed by atoms with Crippen molar-refractivity contribution in [3.63, 3.8) is 0 Å². The fourth-order valence-electron chi connectivity index (χ4n) is 1.63. The number of β-amino-alcohol motifs (C(OH)–C–C–N with tert-alkyl or cyclic N) is 1. The van der Waals surface area contributed by atoms with Crippen LogP contribution in [0.3, 0.4) is 0 Å². The van der Waals surface area contributed by atoms with Gasteiger partial charge in [-0.1, -0.05) is 0 Å². The molecular weight excluding hydrogens is 264 g/mol. The maximum absolute atomic E-state index is 12.0. The van der Waals surface area contributed by atoms with Crippen LogP contribution in [0.15, 0.2) is 0 Å². The summed E-state index contributed by atoms with van der Waals surface area (Å²) in [5.74, 6) is 0. The van der Waals surface area contributed by atoms with Gasteiger partial charge < -0.3 is 14.6 Å². The van der Waals surface area contributed by atoms with Crippen LogP contribution in [-0.2, 0) is 9.47 Å². The van der Waals surface area contributed by atoms with Crippen LogP contribution in [0.5, 0.6) is 0 Å². The number of aliphatic hydroxyl groups is 1. The van der Waals surface area contributed by atoms with E-state index in [0.29, 0.717) is 0 Å². The lowest BCUT2D eigenvalue weighted by Crippen LogP contribution is -2.48. The highest BCUT2D eigenvalue weighted by atomic mass is 16.6. The van der Waals surface area contributed by atoms with Crippen LogP contribution in [0.4, 0.5) is 9.59 Å². The first kappa shape index (κ1) is 16.6. The first-order valence-electron chi connectivity index (χ1n) is 6.58. The molecule has 0 aromatic carbocycles. The number of nitrogens with zero attached hydrogens (tertiary/aromatic N) is 2. The molecule has 1 rings (SSSR count). The third-order valence-electron chi connectivity index (χ3n) is 2.27. The van der Waals surface area contributed by atoms with Crippen molar-refractivity contribution in [3.05, 3.63) is 0 Å². The zero-order chi connectivity index (χ0) is 15.7. The van der Waals surface area contributed by atoms with Crippen molar-refractivity contribution in [1.29, 1.82) is 0 Å². The monoisotopic (exact) mass is 288 g/mol. The van der Waals surface area contributed by atoms with Gasteiger partial charge in [0.15, 0.2) is 0 Å². The van der Waals surface area contributed by atoms with Gasteiger partial charge in [0.2, 0.25) is 0 Å². The molecule has 1 heterocycles. The summed E-state index contributed by atoms with van der Waals surface area (Å²) in [5.41, 5.74) is -1.35. The Morgan fingerprint density at radius 3 is 1.45 bits per heavy atom. The number of amides is 2. The maximum atomic E-state index is 12.0. The Bertz CT molecular complexity index is 347. The number of hydrogen-bond donors (Lipinski definition) is 1. The molecule has 1 aliphatic rings. The number of ether oxygens (including phenoxy) is 2. The number of rotatable bonds is 0. The molecule has 1 fully saturated rings. The minimum atomic E-state index is -0.810. The lowest BCUT2D eigenvalue weighted by atomic mass is 10.2. The van der Waals surface area contributed by atoms with E-state index in [1.807, 2.05) is 0 Å². The molecule has 0 spiro atoms. The van der Waals surface area contributed by atoms with Gasteiger partial charge in [0.05, 0.1) is 19.2 Å². The van der Waals surface area contributed by atoms with E-state index in [1.165, 1.54) is 0 Å². The summed E-state index contributed by atoms with van der Waals surface area (Å²) in [6, 6.07) is 0. The Balaban J connectivity index is 2.78. The third-order valence-corrected chi connectivity index (χ3v) is 2.27. The van der Waals surface area contributed by atoms with Crippen LogP contribution in [0, 0.1) is 0 Å². The zero-order valence-electron chi connectivity index (χ0n) is 13.0. The molecule has 0 aromatic heterocycles. The lowest BCUT2D eigenvalue weighted by Gasteiger charge is -2.31. The van der Waals surface area contributed by atoms with Crippen LogP contribution in [-0.4, -0.2) is 57.7 Å². The zero-order valence-corrected chi connectivity index (χ0v) is 13.0. The van der Waals surface area contributed by atoms with Crippen molar-refractivity contribution in [2.45, 2.75) is 58.8 Å². The molecule has 0 aliphatic carbocycles. The topological polar surface area (TPSA) is 79.3 Å². The fraction of sp³-hybridized carbons (Fsp3) is 0.846. The highest BCUT2D eigenvalue weighted by Crippen LogP contribution is 2.19. The van der Waals surface area contributed by atoms with Crippen molar-refractivity contribution in [1.82, 2.24) is 10.0 Å². The summed E-state index contributed by atoms with van der Waals surface area (Å²) in [6.45, 7) is 10.4. The van der Waals surface area contributed by atoms with Crippen molar-refractivity contribution >= 4 is 12.2 Å². The smallest absolute Gasteiger partial charge is 0.429 e. The Hall–Kier alpha value is -1.50. The Labute approximate surface area is 119 Å². The highest BCUT2D eigenvalue weighted by molar-refractivity contribution is 5.75. The van der Waals surface area contributed by atoms with Crippen molar-refractivity contribution in [3.8, 4) is 0 Å². The van der Waals surface area contributed by atoms with E-state index in [0.717, 1.165) is 10.0 Å². The van der Waals surface area contributed by atoms with Crippen molar-refractivity contribution in [2.24, 2.45) is 0 Å². The van der Waals surface area contributed by atoms with E-state index in [2.05, 4.69) is 0 Å². The third kappa shape index (κ3) is 4.88. The van der Waals surface area contributed by atoms with Gasteiger partial charge in [-0.3, -0.25) is 0 Å².